The molecule has 0 spiro atoms. The number of hydrogen-bond acceptors (Lipinski definition) is 4. The molecule has 0 fully saturated rings. The maximum Gasteiger partial charge on any atom is 0.336 e. The summed E-state index contributed by atoms with van der Waals surface area (Å²) in [7, 11) is 0. The summed E-state index contributed by atoms with van der Waals surface area (Å²) < 4.78 is 5.26. The summed E-state index contributed by atoms with van der Waals surface area (Å²) >= 11 is 7.50. The van der Waals surface area contributed by atoms with E-state index in [2.05, 4.69) is 5.32 Å². The minimum Gasteiger partial charge on any atom is -0.423 e. The van der Waals surface area contributed by atoms with Crippen LogP contribution in [0, 0.1) is 0 Å². The SMILES string of the molecule is CC(=O)Nc1ccc2c(CSc3ccc(Cl)cc3)cc(=O)oc2c1. The number of hydrogen-bond donors (Lipinski definition) is 1. The van der Waals surface area contributed by atoms with Crippen LogP contribution in [0.1, 0.15) is 12.5 Å². The van der Waals surface area contributed by atoms with Gasteiger partial charge in [0.15, 0.2) is 0 Å². The molecular weight excluding hydrogens is 346 g/mol. The fraction of sp³-hybridized carbons (Fsp3) is 0.111. The van der Waals surface area contributed by atoms with Crippen LogP contribution in [0.25, 0.3) is 11.0 Å². The van der Waals surface area contributed by atoms with Crippen molar-refractivity contribution in [2.45, 2.75) is 17.6 Å². The number of carbonyl (C=O) groups excluding carboxylic acids is 1. The van der Waals surface area contributed by atoms with Crippen molar-refractivity contribution in [3.8, 4) is 0 Å². The monoisotopic (exact) mass is 359 g/mol. The molecular formula is C18H14ClNO3S. The van der Waals surface area contributed by atoms with Gasteiger partial charge in [-0.15, -0.1) is 11.8 Å². The van der Waals surface area contributed by atoms with Crippen LogP contribution in [0.2, 0.25) is 5.02 Å². The van der Waals surface area contributed by atoms with Crippen LogP contribution in [0.15, 0.2) is 62.6 Å². The third-order valence-electron chi connectivity index (χ3n) is 3.36. The molecule has 0 aliphatic carbocycles. The van der Waals surface area contributed by atoms with Crippen molar-refractivity contribution in [1.82, 2.24) is 0 Å². The van der Waals surface area contributed by atoms with E-state index in [-0.39, 0.29) is 5.91 Å². The lowest BCUT2D eigenvalue weighted by Crippen LogP contribution is -2.06. The Morgan fingerprint density at radius 3 is 2.62 bits per heavy atom. The molecule has 4 nitrogen and oxygen atoms in total. The topological polar surface area (TPSA) is 59.3 Å². The van der Waals surface area contributed by atoms with E-state index in [4.69, 9.17) is 16.0 Å². The molecule has 1 N–H and O–H groups in total. The maximum absolute atomic E-state index is 11.8. The molecule has 2 aromatic carbocycles. The number of benzene rings is 2. The van der Waals surface area contributed by atoms with Crippen molar-refractivity contribution >= 4 is 45.9 Å². The Bertz CT molecular complexity index is 951. The first-order valence-electron chi connectivity index (χ1n) is 7.24. The number of fused-ring (bicyclic) bond motifs is 1. The molecule has 0 aliphatic rings. The van der Waals surface area contributed by atoms with Gasteiger partial charge in [-0.05, 0) is 42.0 Å². The van der Waals surface area contributed by atoms with E-state index in [0.717, 1.165) is 15.8 Å². The first-order valence-corrected chi connectivity index (χ1v) is 8.60. The standard InChI is InChI=1S/C18H14ClNO3S/c1-11(21)20-14-4-7-16-12(8-18(22)23-17(16)9-14)10-24-15-5-2-13(19)3-6-15/h2-9H,10H2,1H3,(H,20,21). The molecule has 0 saturated carbocycles. The molecule has 1 aromatic heterocycles. The van der Waals surface area contributed by atoms with E-state index in [0.29, 0.717) is 22.0 Å². The molecule has 24 heavy (non-hydrogen) atoms. The van der Waals surface area contributed by atoms with Gasteiger partial charge in [-0.2, -0.15) is 0 Å². The van der Waals surface area contributed by atoms with Gasteiger partial charge < -0.3 is 9.73 Å². The summed E-state index contributed by atoms with van der Waals surface area (Å²) in [5.41, 5.74) is 1.53. The van der Waals surface area contributed by atoms with E-state index >= 15 is 0 Å². The molecule has 0 atom stereocenters. The minimum absolute atomic E-state index is 0.175. The highest BCUT2D eigenvalue weighted by Crippen LogP contribution is 2.28. The quantitative estimate of drug-likeness (QED) is 0.542. The van der Waals surface area contributed by atoms with Gasteiger partial charge >= 0.3 is 5.63 Å². The molecule has 0 unspecified atom stereocenters. The molecule has 3 aromatic rings. The first-order chi connectivity index (χ1) is 11.5. The summed E-state index contributed by atoms with van der Waals surface area (Å²) in [6.45, 7) is 1.43. The van der Waals surface area contributed by atoms with Gasteiger partial charge in [0.25, 0.3) is 0 Å². The highest BCUT2D eigenvalue weighted by molar-refractivity contribution is 7.98. The smallest absolute Gasteiger partial charge is 0.336 e. The summed E-state index contributed by atoms with van der Waals surface area (Å²) in [5.74, 6) is 0.453. The van der Waals surface area contributed by atoms with Crippen molar-refractivity contribution in [2.24, 2.45) is 0 Å². The van der Waals surface area contributed by atoms with Crippen LogP contribution < -0.4 is 10.9 Å². The van der Waals surface area contributed by atoms with Crippen molar-refractivity contribution in [3.05, 3.63) is 69.5 Å². The largest absolute Gasteiger partial charge is 0.423 e. The fourth-order valence-corrected chi connectivity index (χ4v) is 3.34. The number of thioether (sulfide) groups is 1. The molecule has 0 radical (unpaired) electrons. The third kappa shape index (κ3) is 3.99. The minimum atomic E-state index is -0.408. The fourth-order valence-electron chi connectivity index (χ4n) is 2.32. The van der Waals surface area contributed by atoms with Crippen LogP contribution in [0.3, 0.4) is 0 Å². The number of carbonyl (C=O) groups is 1. The summed E-state index contributed by atoms with van der Waals surface area (Å²) in [6, 6.07) is 14.4. The highest BCUT2D eigenvalue weighted by atomic mass is 35.5. The van der Waals surface area contributed by atoms with E-state index in [1.54, 1.807) is 23.9 Å². The number of rotatable bonds is 4. The second-order valence-electron chi connectivity index (χ2n) is 5.23. The molecule has 0 bridgehead atoms. The van der Waals surface area contributed by atoms with E-state index in [9.17, 15) is 9.59 Å². The summed E-state index contributed by atoms with van der Waals surface area (Å²) in [5, 5.41) is 4.22. The molecule has 0 saturated heterocycles. The Morgan fingerprint density at radius 1 is 1.17 bits per heavy atom. The van der Waals surface area contributed by atoms with Crippen LogP contribution in [-0.2, 0) is 10.5 Å². The summed E-state index contributed by atoms with van der Waals surface area (Å²) in [6.07, 6.45) is 0. The second kappa shape index (κ2) is 7.11. The van der Waals surface area contributed by atoms with Crippen molar-refractivity contribution in [1.29, 1.82) is 0 Å². The Kier molecular flexibility index (Phi) is 4.92. The number of anilines is 1. The third-order valence-corrected chi connectivity index (χ3v) is 4.67. The number of halogens is 1. The maximum atomic E-state index is 11.8. The number of nitrogens with one attached hydrogen (secondary N) is 1. The van der Waals surface area contributed by atoms with Gasteiger partial charge in [0.2, 0.25) is 5.91 Å². The first kappa shape index (κ1) is 16.6. The second-order valence-corrected chi connectivity index (χ2v) is 6.71. The van der Waals surface area contributed by atoms with Crippen molar-refractivity contribution < 1.29 is 9.21 Å². The molecule has 122 valence electrons. The normalized spacial score (nSPS) is 10.8. The van der Waals surface area contributed by atoms with Gasteiger partial charge in [0.1, 0.15) is 5.58 Å². The lowest BCUT2D eigenvalue weighted by Gasteiger charge is -2.08. The highest BCUT2D eigenvalue weighted by Gasteiger charge is 2.08. The average molecular weight is 360 g/mol. The van der Waals surface area contributed by atoms with Gasteiger partial charge in [-0.1, -0.05) is 11.6 Å². The van der Waals surface area contributed by atoms with E-state index in [1.807, 2.05) is 30.3 Å². The van der Waals surface area contributed by atoms with Crippen molar-refractivity contribution in [3.63, 3.8) is 0 Å². The Labute approximate surface area is 147 Å². The van der Waals surface area contributed by atoms with Gasteiger partial charge in [-0.3, -0.25) is 4.79 Å². The summed E-state index contributed by atoms with van der Waals surface area (Å²) in [4.78, 5) is 24.0. The predicted octanol–water partition coefficient (Wildman–Crippen LogP) is 4.70. The van der Waals surface area contributed by atoms with Gasteiger partial charge in [0.05, 0.1) is 0 Å². The Hall–Kier alpha value is -2.24. The Morgan fingerprint density at radius 2 is 1.92 bits per heavy atom. The van der Waals surface area contributed by atoms with Crippen molar-refractivity contribution in [2.75, 3.05) is 5.32 Å². The lowest BCUT2D eigenvalue weighted by molar-refractivity contribution is -0.114. The molecule has 0 aliphatic heterocycles. The lowest BCUT2D eigenvalue weighted by atomic mass is 10.1. The predicted molar refractivity (Wildman–Crippen MR) is 97.8 cm³/mol. The molecule has 3 rings (SSSR count). The van der Waals surface area contributed by atoms with Crippen LogP contribution in [0.4, 0.5) is 5.69 Å². The van der Waals surface area contributed by atoms with Crippen LogP contribution in [-0.4, -0.2) is 5.91 Å². The Balaban J connectivity index is 1.90. The van der Waals surface area contributed by atoms with E-state index in [1.165, 1.54) is 13.0 Å². The molecule has 1 amide bonds. The molecule has 6 heteroatoms. The van der Waals surface area contributed by atoms with Gasteiger partial charge in [0, 0.05) is 45.8 Å². The number of amides is 1. The zero-order chi connectivity index (χ0) is 17.1. The van der Waals surface area contributed by atoms with Gasteiger partial charge in [-0.25, -0.2) is 4.79 Å². The zero-order valence-corrected chi connectivity index (χ0v) is 14.4. The average Bonchev–Trinajstić information content (AvgIpc) is 2.53. The van der Waals surface area contributed by atoms with Crippen LogP contribution in [0.5, 0.6) is 0 Å². The zero-order valence-electron chi connectivity index (χ0n) is 12.8. The van der Waals surface area contributed by atoms with Crippen LogP contribution >= 0.6 is 23.4 Å². The molecule has 1 heterocycles. The van der Waals surface area contributed by atoms with E-state index < -0.39 is 5.63 Å².